The zero-order chi connectivity index (χ0) is 21.5. The number of anilines is 2. The van der Waals surface area contributed by atoms with Gasteiger partial charge in [-0.3, -0.25) is 0 Å². The molecule has 0 radical (unpaired) electrons. The molecular weight excluding hydrogens is 410 g/mol. The molecule has 1 N–H and O–H groups in total. The summed E-state index contributed by atoms with van der Waals surface area (Å²) in [7, 11) is 0. The summed E-state index contributed by atoms with van der Waals surface area (Å²) in [4.78, 5) is 4.85. The van der Waals surface area contributed by atoms with Crippen LogP contribution in [0.3, 0.4) is 0 Å². The molecule has 1 atom stereocenters. The predicted molar refractivity (Wildman–Crippen MR) is 135 cm³/mol. The van der Waals surface area contributed by atoms with Crippen LogP contribution in [-0.2, 0) is 13.0 Å². The lowest BCUT2D eigenvalue weighted by Crippen LogP contribution is -2.40. The third-order valence-corrected chi connectivity index (χ3v) is 6.52. The molecule has 5 heteroatoms. The van der Waals surface area contributed by atoms with Gasteiger partial charge in [0, 0.05) is 42.1 Å². The number of fused-ring (bicyclic) bond motifs is 1. The van der Waals surface area contributed by atoms with Crippen LogP contribution >= 0.6 is 23.8 Å². The Kier molecular flexibility index (Phi) is 8.41. The van der Waals surface area contributed by atoms with Crippen LogP contribution in [-0.4, -0.2) is 29.1 Å². The predicted octanol–water partition coefficient (Wildman–Crippen LogP) is 6.89. The summed E-state index contributed by atoms with van der Waals surface area (Å²) in [6.07, 6.45) is 5.94. The SMILES string of the molecule is CCCCN1CCCc2cc(CN(C(=S)Nc3cccc(Cl)c3)[C@@H](C)CC)ccc21. The zero-order valence-corrected chi connectivity index (χ0v) is 20.0. The molecule has 2 aromatic carbocycles. The van der Waals surface area contributed by atoms with E-state index in [9.17, 15) is 0 Å². The summed E-state index contributed by atoms with van der Waals surface area (Å²) < 4.78 is 0. The van der Waals surface area contributed by atoms with Gasteiger partial charge in [-0.25, -0.2) is 0 Å². The number of thiocarbonyl (C=S) groups is 1. The first-order valence-electron chi connectivity index (χ1n) is 11.2. The Balaban J connectivity index is 1.75. The first-order valence-corrected chi connectivity index (χ1v) is 12.0. The number of nitrogens with one attached hydrogen (secondary N) is 1. The number of nitrogens with zero attached hydrogens (tertiary/aromatic N) is 2. The second kappa shape index (κ2) is 11.0. The lowest BCUT2D eigenvalue weighted by Gasteiger charge is -2.34. The van der Waals surface area contributed by atoms with Gasteiger partial charge in [-0.15, -0.1) is 0 Å². The van der Waals surface area contributed by atoms with Gasteiger partial charge in [0.05, 0.1) is 0 Å². The van der Waals surface area contributed by atoms with E-state index in [-0.39, 0.29) is 0 Å². The quantitative estimate of drug-likeness (QED) is 0.447. The summed E-state index contributed by atoms with van der Waals surface area (Å²) in [6.45, 7) is 9.85. The van der Waals surface area contributed by atoms with Crippen molar-refractivity contribution in [3.05, 3.63) is 58.6 Å². The number of benzene rings is 2. The lowest BCUT2D eigenvalue weighted by atomic mass is 9.98. The molecular formula is C25H34ClN3S. The number of hydrogen-bond acceptors (Lipinski definition) is 2. The molecule has 1 aliphatic rings. The van der Waals surface area contributed by atoms with Crippen molar-refractivity contribution in [2.75, 3.05) is 23.3 Å². The Labute approximate surface area is 192 Å². The molecule has 162 valence electrons. The number of rotatable bonds is 8. The van der Waals surface area contributed by atoms with Crippen LogP contribution in [0.5, 0.6) is 0 Å². The molecule has 3 nitrogen and oxygen atoms in total. The third kappa shape index (κ3) is 5.89. The molecule has 0 unspecified atom stereocenters. The van der Waals surface area contributed by atoms with E-state index >= 15 is 0 Å². The molecule has 0 saturated heterocycles. The molecule has 0 aromatic heterocycles. The standard InChI is InChI=1S/C25H34ClN3S/c1-4-6-14-28-15-8-9-21-16-20(12-13-24(21)28)18-29(19(3)5-2)25(30)27-23-11-7-10-22(26)17-23/h7,10-13,16-17,19H,4-6,8-9,14-15,18H2,1-3H3,(H,27,30)/t19-/m0/s1. The van der Waals surface area contributed by atoms with E-state index in [0.29, 0.717) is 11.1 Å². The minimum Gasteiger partial charge on any atom is -0.371 e. The monoisotopic (exact) mass is 443 g/mol. The largest absolute Gasteiger partial charge is 0.371 e. The van der Waals surface area contributed by atoms with Crippen molar-refractivity contribution in [2.45, 2.75) is 65.5 Å². The van der Waals surface area contributed by atoms with E-state index in [1.165, 1.54) is 49.0 Å². The van der Waals surface area contributed by atoms with Gasteiger partial charge in [0.25, 0.3) is 0 Å². The van der Waals surface area contributed by atoms with Gasteiger partial charge in [0.2, 0.25) is 0 Å². The first-order chi connectivity index (χ1) is 14.5. The highest BCUT2D eigenvalue weighted by Crippen LogP contribution is 2.29. The molecule has 2 aromatic rings. The molecule has 0 fully saturated rings. The molecule has 1 heterocycles. The molecule has 3 rings (SSSR count). The van der Waals surface area contributed by atoms with Gasteiger partial charge in [-0.1, -0.05) is 50.1 Å². The number of halogens is 1. The smallest absolute Gasteiger partial charge is 0.173 e. The van der Waals surface area contributed by atoms with E-state index in [4.69, 9.17) is 23.8 Å². The average molecular weight is 444 g/mol. The van der Waals surface area contributed by atoms with Crippen molar-refractivity contribution >= 4 is 40.3 Å². The summed E-state index contributed by atoms with van der Waals surface area (Å²) in [5.74, 6) is 0. The van der Waals surface area contributed by atoms with Crippen molar-refractivity contribution in [1.29, 1.82) is 0 Å². The van der Waals surface area contributed by atoms with Gasteiger partial charge in [0.1, 0.15) is 0 Å². The van der Waals surface area contributed by atoms with Crippen molar-refractivity contribution in [3.63, 3.8) is 0 Å². The maximum absolute atomic E-state index is 6.14. The molecule has 0 aliphatic carbocycles. The van der Waals surface area contributed by atoms with Gasteiger partial charge >= 0.3 is 0 Å². The van der Waals surface area contributed by atoms with E-state index in [0.717, 1.165) is 30.3 Å². The molecule has 0 saturated carbocycles. The van der Waals surface area contributed by atoms with Crippen LogP contribution in [0.1, 0.15) is 57.6 Å². The topological polar surface area (TPSA) is 18.5 Å². The second-order valence-corrected chi connectivity index (χ2v) is 9.06. The number of aryl methyl sites for hydroxylation is 1. The van der Waals surface area contributed by atoms with Gasteiger partial charge in [-0.2, -0.15) is 0 Å². The minimum absolute atomic E-state index is 0.348. The maximum Gasteiger partial charge on any atom is 0.173 e. The van der Waals surface area contributed by atoms with Crippen LogP contribution in [0.15, 0.2) is 42.5 Å². The van der Waals surface area contributed by atoms with Crippen LogP contribution in [0.2, 0.25) is 5.02 Å². The first kappa shape index (κ1) is 22.9. The van der Waals surface area contributed by atoms with Crippen LogP contribution in [0, 0.1) is 0 Å². The Morgan fingerprint density at radius 1 is 1.23 bits per heavy atom. The van der Waals surface area contributed by atoms with E-state index in [2.05, 4.69) is 54.1 Å². The lowest BCUT2D eigenvalue weighted by molar-refractivity contribution is 0.319. The molecule has 30 heavy (non-hydrogen) atoms. The van der Waals surface area contributed by atoms with Crippen molar-refractivity contribution in [3.8, 4) is 0 Å². The van der Waals surface area contributed by atoms with Crippen molar-refractivity contribution < 1.29 is 0 Å². The fourth-order valence-corrected chi connectivity index (χ4v) is 4.57. The highest BCUT2D eigenvalue weighted by atomic mass is 35.5. The Bertz CT molecular complexity index is 854. The van der Waals surface area contributed by atoms with Crippen molar-refractivity contribution in [2.24, 2.45) is 0 Å². The summed E-state index contributed by atoms with van der Waals surface area (Å²) >= 11 is 11.9. The highest BCUT2D eigenvalue weighted by molar-refractivity contribution is 7.80. The van der Waals surface area contributed by atoms with E-state index in [1.54, 1.807) is 0 Å². The van der Waals surface area contributed by atoms with Gasteiger partial charge in [0.15, 0.2) is 5.11 Å². The molecule has 1 aliphatic heterocycles. The Hall–Kier alpha value is -1.78. The minimum atomic E-state index is 0.348. The third-order valence-electron chi connectivity index (χ3n) is 5.95. The van der Waals surface area contributed by atoms with E-state index < -0.39 is 0 Å². The van der Waals surface area contributed by atoms with E-state index in [1.807, 2.05) is 24.3 Å². The molecule has 0 bridgehead atoms. The summed E-state index contributed by atoms with van der Waals surface area (Å²) in [5.41, 5.74) is 5.15. The Morgan fingerprint density at radius 2 is 2.07 bits per heavy atom. The summed E-state index contributed by atoms with van der Waals surface area (Å²) in [6, 6.07) is 15.1. The number of unbranched alkanes of at least 4 members (excludes halogenated alkanes) is 1. The average Bonchev–Trinajstić information content (AvgIpc) is 2.75. The highest BCUT2D eigenvalue weighted by Gasteiger charge is 2.20. The normalized spacial score (nSPS) is 14.2. The fraction of sp³-hybridized carbons (Fsp3) is 0.480. The van der Waals surface area contributed by atoms with Crippen LogP contribution in [0.4, 0.5) is 11.4 Å². The maximum atomic E-state index is 6.14. The Morgan fingerprint density at radius 3 is 2.80 bits per heavy atom. The van der Waals surface area contributed by atoms with Gasteiger partial charge in [-0.05, 0) is 80.2 Å². The molecule has 0 amide bonds. The summed E-state index contributed by atoms with van der Waals surface area (Å²) in [5, 5.41) is 4.83. The molecule has 0 spiro atoms. The fourth-order valence-electron chi connectivity index (χ4n) is 4.01. The van der Waals surface area contributed by atoms with Gasteiger partial charge < -0.3 is 15.1 Å². The second-order valence-electron chi connectivity index (χ2n) is 8.23. The van der Waals surface area contributed by atoms with Crippen molar-refractivity contribution in [1.82, 2.24) is 4.90 Å². The van der Waals surface area contributed by atoms with Crippen LogP contribution < -0.4 is 10.2 Å². The van der Waals surface area contributed by atoms with Crippen LogP contribution in [0.25, 0.3) is 0 Å². The number of hydrogen-bond donors (Lipinski definition) is 1. The zero-order valence-electron chi connectivity index (χ0n) is 18.5.